The van der Waals surface area contributed by atoms with Gasteiger partial charge in [0.15, 0.2) is 0 Å². The van der Waals surface area contributed by atoms with Gasteiger partial charge in [-0.2, -0.15) is 3.94 Å². The lowest BCUT2D eigenvalue weighted by atomic mass is 10.0. The van der Waals surface area contributed by atoms with Gasteiger partial charge in [0.25, 0.3) is 0 Å². The third kappa shape index (κ3) is 2.25. The number of benzene rings is 2. The smallest absolute Gasteiger partial charge is 0.0788 e. The maximum absolute atomic E-state index is 5.76. The van der Waals surface area contributed by atoms with Crippen molar-refractivity contribution in [3.8, 4) is 11.1 Å². The largest absolute Gasteiger partial charge is 0.193 e. The molecule has 2 aromatic rings. The molecule has 0 spiro atoms. The molecule has 0 unspecified atom stereocenters. The minimum atomic E-state index is 0.784. The van der Waals surface area contributed by atoms with Gasteiger partial charge in [-0.1, -0.05) is 48.5 Å². The molecule has 0 aliphatic rings. The highest BCUT2D eigenvalue weighted by Gasteiger charge is 2.07. The molecule has 0 aliphatic carbocycles. The Bertz CT molecular complexity index is 440. The van der Waals surface area contributed by atoms with Gasteiger partial charge in [0, 0.05) is 29.1 Å². The molecule has 2 aromatic carbocycles. The molecule has 76 valence electrons. The van der Waals surface area contributed by atoms with Crippen LogP contribution in [-0.4, -0.2) is 0 Å². The van der Waals surface area contributed by atoms with Crippen LogP contribution in [0, 0.1) is 0 Å². The van der Waals surface area contributed by atoms with Gasteiger partial charge in [0.05, 0.1) is 5.69 Å². The van der Waals surface area contributed by atoms with E-state index in [9.17, 15) is 0 Å². The van der Waals surface area contributed by atoms with Gasteiger partial charge < -0.3 is 0 Å². The summed E-state index contributed by atoms with van der Waals surface area (Å²) >= 11 is 11.5. The average molecular weight is 238 g/mol. The van der Waals surface area contributed by atoms with Gasteiger partial charge in [-0.05, 0) is 11.6 Å². The van der Waals surface area contributed by atoms with Crippen molar-refractivity contribution in [3.05, 3.63) is 54.6 Å². The third-order valence-corrected chi connectivity index (χ3v) is 2.54. The van der Waals surface area contributed by atoms with E-state index in [1.807, 2.05) is 54.6 Å². The SMILES string of the molecule is ClN(Cl)c1ccccc1-c1ccccc1. The second-order valence-corrected chi connectivity index (χ2v) is 3.97. The number of nitrogens with zero attached hydrogens (tertiary/aromatic N) is 1. The molecule has 0 radical (unpaired) electrons. The normalized spacial score (nSPS) is 10.0. The molecule has 1 nitrogen and oxygen atoms in total. The molecule has 3 heteroatoms. The molecule has 2 rings (SSSR count). The minimum absolute atomic E-state index is 0.784. The second kappa shape index (κ2) is 4.56. The van der Waals surface area contributed by atoms with Crippen LogP contribution in [0.1, 0.15) is 0 Å². The van der Waals surface area contributed by atoms with Crippen LogP contribution in [0.15, 0.2) is 54.6 Å². The quantitative estimate of drug-likeness (QED) is 0.698. The summed E-state index contributed by atoms with van der Waals surface area (Å²) in [6.07, 6.45) is 0. The Morgan fingerprint density at radius 3 is 2.00 bits per heavy atom. The molecule has 0 saturated carbocycles. The maximum Gasteiger partial charge on any atom is 0.0788 e. The number of halogens is 2. The summed E-state index contributed by atoms with van der Waals surface area (Å²) in [5, 5.41) is 0. The van der Waals surface area contributed by atoms with Crippen molar-refractivity contribution in [2.45, 2.75) is 0 Å². The van der Waals surface area contributed by atoms with E-state index in [0.29, 0.717) is 0 Å². The molecule has 0 amide bonds. The fourth-order valence-electron chi connectivity index (χ4n) is 1.48. The molecule has 0 atom stereocenters. The number of hydrogen-bond acceptors (Lipinski definition) is 1. The molecular weight excluding hydrogens is 229 g/mol. The summed E-state index contributed by atoms with van der Waals surface area (Å²) in [5.74, 6) is 0. The standard InChI is InChI=1S/C12H9Cl2N/c13-15(14)12-9-5-4-8-11(12)10-6-2-1-3-7-10/h1-9H. The van der Waals surface area contributed by atoms with E-state index < -0.39 is 0 Å². The van der Waals surface area contributed by atoms with Crippen LogP contribution < -0.4 is 3.94 Å². The van der Waals surface area contributed by atoms with Crippen molar-refractivity contribution in [1.82, 2.24) is 0 Å². The van der Waals surface area contributed by atoms with Crippen molar-refractivity contribution in [2.75, 3.05) is 3.94 Å². The van der Waals surface area contributed by atoms with E-state index >= 15 is 0 Å². The zero-order valence-electron chi connectivity index (χ0n) is 7.90. The van der Waals surface area contributed by atoms with Crippen LogP contribution in [0.3, 0.4) is 0 Å². The van der Waals surface area contributed by atoms with E-state index in [0.717, 1.165) is 20.8 Å². The summed E-state index contributed by atoms with van der Waals surface area (Å²) in [4.78, 5) is 0. The number of rotatable bonds is 2. The number of anilines is 1. The Kier molecular flexibility index (Phi) is 3.14. The highest BCUT2D eigenvalue weighted by Crippen LogP contribution is 2.32. The van der Waals surface area contributed by atoms with Crippen LogP contribution >= 0.6 is 23.6 Å². The number of hydrogen-bond donors (Lipinski definition) is 0. The highest BCUT2D eigenvalue weighted by molar-refractivity contribution is 6.49. The fraction of sp³-hybridized carbons (Fsp3) is 0. The Balaban J connectivity index is 2.53. The first kappa shape index (κ1) is 10.3. The first-order valence-electron chi connectivity index (χ1n) is 4.55. The predicted octanol–water partition coefficient (Wildman–Crippen LogP) is 4.47. The summed E-state index contributed by atoms with van der Waals surface area (Å²) < 4.78 is 1.09. The van der Waals surface area contributed by atoms with Crippen molar-refractivity contribution in [2.24, 2.45) is 0 Å². The van der Waals surface area contributed by atoms with Crippen LogP contribution in [-0.2, 0) is 0 Å². The average Bonchev–Trinajstić information content (AvgIpc) is 2.30. The molecule has 0 fully saturated rings. The monoisotopic (exact) mass is 237 g/mol. The topological polar surface area (TPSA) is 3.24 Å². The third-order valence-electron chi connectivity index (χ3n) is 2.17. The van der Waals surface area contributed by atoms with Crippen molar-refractivity contribution >= 4 is 29.2 Å². The van der Waals surface area contributed by atoms with Crippen molar-refractivity contribution in [3.63, 3.8) is 0 Å². The molecule has 0 aliphatic heterocycles. The molecule has 0 saturated heterocycles. The van der Waals surface area contributed by atoms with E-state index in [2.05, 4.69) is 0 Å². The lowest BCUT2D eigenvalue weighted by Crippen LogP contribution is -1.94. The van der Waals surface area contributed by atoms with Gasteiger partial charge in [-0.25, -0.2) is 0 Å². The Morgan fingerprint density at radius 2 is 1.33 bits per heavy atom. The summed E-state index contributed by atoms with van der Waals surface area (Å²) in [5.41, 5.74) is 2.90. The van der Waals surface area contributed by atoms with E-state index in [4.69, 9.17) is 23.6 Å². The van der Waals surface area contributed by atoms with E-state index in [-0.39, 0.29) is 0 Å². The molecule has 0 heterocycles. The zero-order valence-corrected chi connectivity index (χ0v) is 9.41. The Morgan fingerprint density at radius 1 is 0.733 bits per heavy atom. The lowest BCUT2D eigenvalue weighted by molar-refractivity contribution is 1.55. The summed E-state index contributed by atoms with van der Waals surface area (Å²) in [7, 11) is 0. The lowest BCUT2D eigenvalue weighted by Gasteiger charge is -2.11. The van der Waals surface area contributed by atoms with Crippen LogP contribution in [0.2, 0.25) is 0 Å². The van der Waals surface area contributed by atoms with Gasteiger partial charge in [-0.3, -0.25) is 0 Å². The first-order valence-corrected chi connectivity index (χ1v) is 5.23. The highest BCUT2D eigenvalue weighted by atomic mass is 35.5. The van der Waals surface area contributed by atoms with E-state index in [1.165, 1.54) is 0 Å². The maximum atomic E-state index is 5.76. The van der Waals surface area contributed by atoms with Crippen LogP contribution in [0.25, 0.3) is 11.1 Å². The second-order valence-electron chi connectivity index (χ2n) is 3.12. The Hall–Kier alpha value is -1.18. The summed E-state index contributed by atoms with van der Waals surface area (Å²) in [6, 6.07) is 17.7. The van der Waals surface area contributed by atoms with Gasteiger partial charge in [-0.15, -0.1) is 0 Å². The molecule has 0 aromatic heterocycles. The molecule has 0 bridgehead atoms. The zero-order chi connectivity index (χ0) is 10.7. The first-order chi connectivity index (χ1) is 7.29. The number of para-hydroxylation sites is 1. The van der Waals surface area contributed by atoms with Crippen LogP contribution in [0.5, 0.6) is 0 Å². The van der Waals surface area contributed by atoms with Crippen molar-refractivity contribution < 1.29 is 0 Å². The molecule has 15 heavy (non-hydrogen) atoms. The van der Waals surface area contributed by atoms with Gasteiger partial charge in [0.2, 0.25) is 0 Å². The Labute approximate surface area is 99.1 Å². The summed E-state index contributed by atoms with van der Waals surface area (Å²) in [6.45, 7) is 0. The molecule has 0 N–H and O–H groups in total. The van der Waals surface area contributed by atoms with Crippen LogP contribution in [0.4, 0.5) is 5.69 Å². The minimum Gasteiger partial charge on any atom is -0.193 e. The van der Waals surface area contributed by atoms with Crippen molar-refractivity contribution in [1.29, 1.82) is 0 Å². The van der Waals surface area contributed by atoms with Gasteiger partial charge >= 0.3 is 0 Å². The molecular formula is C12H9Cl2N. The van der Waals surface area contributed by atoms with Gasteiger partial charge in [0.1, 0.15) is 0 Å². The fourth-order valence-corrected chi connectivity index (χ4v) is 1.78. The predicted molar refractivity (Wildman–Crippen MR) is 66.1 cm³/mol. The van der Waals surface area contributed by atoms with E-state index in [1.54, 1.807) is 0 Å².